The summed E-state index contributed by atoms with van der Waals surface area (Å²) in [7, 11) is 0. The minimum absolute atomic E-state index is 0.00627. The fourth-order valence-electron chi connectivity index (χ4n) is 7.89. The van der Waals surface area contributed by atoms with Crippen LogP contribution >= 0.6 is 47.8 Å². The van der Waals surface area contributed by atoms with E-state index in [1.165, 1.54) is 24.3 Å². The van der Waals surface area contributed by atoms with Crippen molar-refractivity contribution in [3.63, 3.8) is 0 Å². The Morgan fingerprint density at radius 2 is 1.11 bits per heavy atom. The molecule has 53 heavy (non-hydrogen) atoms. The number of Topliss-reactive ketones (excluding diaryl/α,β-unsaturated/α-hetero) is 1. The molecule has 2 bridgehead atoms. The molecule has 5 aromatic carbocycles. The van der Waals surface area contributed by atoms with E-state index in [2.05, 4.69) is 47.8 Å². The molecule has 3 aliphatic carbocycles. The second kappa shape index (κ2) is 13.6. The van der Waals surface area contributed by atoms with E-state index in [0.717, 1.165) is 31.6 Å². The fraction of sp³-hybridized carbons (Fsp3) is 0.167. The zero-order valence-corrected chi connectivity index (χ0v) is 32.5. The van der Waals surface area contributed by atoms with E-state index in [0.29, 0.717) is 11.1 Å². The Morgan fingerprint density at radius 3 is 1.62 bits per heavy atom. The number of hydrogen-bond donors (Lipinski definition) is 0. The monoisotopic (exact) mass is 895 g/mol. The Balaban J connectivity index is 1.05. The van der Waals surface area contributed by atoms with Crippen LogP contribution in [0.3, 0.4) is 0 Å². The molecule has 0 N–H and O–H groups in total. The Kier molecular flexibility index (Phi) is 9.07. The third-order valence-corrected chi connectivity index (χ3v) is 13.5. The lowest BCUT2D eigenvalue weighted by molar-refractivity contribution is -0.158. The van der Waals surface area contributed by atoms with Crippen molar-refractivity contribution in [2.75, 3.05) is 6.61 Å². The predicted molar refractivity (Wildman–Crippen MR) is 206 cm³/mol. The van der Waals surface area contributed by atoms with Crippen molar-refractivity contribution >= 4 is 77.3 Å². The first-order valence-electron chi connectivity index (χ1n) is 16.8. The standard InChI is InChI=1S/C42H28Br3NO7/c43-27-18-14-26(15-19-27)39(50)53-28-20-16-25(17-21-28)34(47)23-52-40(51)33(22-24-8-2-1-3-9-24)46-37(48)35-36(38(46)49)42(45)30-11-5-4-10-29(30)41(35,44)31-12-6-7-13-32(31)42/h1-21,33,35-36H,22-23H2. The maximum absolute atomic E-state index is 14.8. The van der Waals surface area contributed by atoms with Crippen LogP contribution in [0.5, 0.6) is 5.75 Å². The number of hydrogen-bond acceptors (Lipinski definition) is 7. The molecule has 0 spiro atoms. The van der Waals surface area contributed by atoms with Gasteiger partial charge in [-0.3, -0.25) is 19.3 Å². The van der Waals surface area contributed by atoms with E-state index in [4.69, 9.17) is 9.47 Å². The van der Waals surface area contributed by atoms with Crippen molar-refractivity contribution in [1.29, 1.82) is 0 Å². The van der Waals surface area contributed by atoms with Crippen molar-refractivity contribution in [3.05, 3.63) is 171 Å². The van der Waals surface area contributed by atoms with Gasteiger partial charge in [-0.2, -0.15) is 0 Å². The van der Waals surface area contributed by atoms with E-state index >= 15 is 0 Å². The third-order valence-electron chi connectivity index (χ3n) is 10.3. The van der Waals surface area contributed by atoms with Gasteiger partial charge in [-0.25, -0.2) is 9.59 Å². The first-order valence-corrected chi connectivity index (χ1v) is 19.2. The van der Waals surface area contributed by atoms with Crippen LogP contribution < -0.4 is 4.74 Å². The van der Waals surface area contributed by atoms with Crippen molar-refractivity contribution in [1.82, 2.24) is 4.90 Å². The SMILES string of the molecule is O=C(COC(=O)C(Cc1ccccc1)N1C(=O)C2C(C1=O)C1(Br)c3ccccc3C2(Br)c2ccccc21)c1ccc(OC(=O)c2ccc(Br)cc2)cc1. The summed E-state index contributed by atoms with van der Waals surface area (Å²) in [6.07, 6.45) is -0.00627. The summed E-state index contributed by atoms with van der Waals surface area (Å²) in [6, 6.07) is 35.8. The van der Waals surface area contributed by atoms with Gasteiger partial charge in [0, 0.05) is 16.5 Å². The lowest BCUT2D eigenvalue weighted by atomic mass is 9.54. The smallest absolute Gasteiger partial charge is 0.343 e. The highest BCUT2D eigenvalue weighted by Gasteiger charge is 2.73. The quantitative estimate of drug-likeness (QED) is 0.0487. The van der Waals surface area contributed by atoms with Crippen LogP contribution in [0, 0.1) is 11.8 Å². The van der Waals surface area contributed by atoms with Gasteiger partial charge < -0.3 is 9.47 Å². The lowest BCUT2D eigenvalue weighted by Crippen LogP contribution is -2.56. The van der Waals surface area contributed by atoms with Gasteiger partial charge in [-0.1, -0.05) is 127 Å². The van der Waals surface area contributed by atoms with Crippen molar-refractivity contribution in [2.24, 2.45) is 11.8 Å². The minimum atomic E-state index is -1.34. The Labute approximate surface area is 329 Å². The Bertz CT molecular complexity index is 2190. The van der Waals surface area contributed by atoms with E-state index in [1.807, 2.05) is 78.9 Å². The number of esters is 2. The van der Waals surface area contributed by atoms with Gasteiger partial charge in [0.2, 0.25) is 11.8 Å². The molecule has 0 radical (unpaired) electrons. The van der Waals surface area contributed by atoms with Gasteiger partial charge in [0.05, 0.1) is 26.0 Å². The Hall–Kier alpha value is -4.71. The molecule has 2 amide bonds. The largest absolute Gasteiger partial charge is 0.456 e. The average Bonchev–Trinajstić information content (AvgIpc) is 3.46. The molecular formula is C42H28Br3NO7. The molecular weight excluding hydrogens is 870 g/mol. The van der Waals surface area contributed by atoms with Crippen LogP contribution in [0.25, 0.3) is 0 Å². The molecule has 1 aliphatic heterocycles. The molecule has 5 aromatic rings. The van der Waals surface area contributed by atoms with Crippen molar-refractivity contribution in [3.8, 4) is 5.75 Å². The molecule has 1 fully saturated rings. The number of carbonyl (C=O) groups excluding carboxylic acids is 5. The van der Waals surface area contributed by atoms with Crippen LogP contribution in [0.15, 0.2) is 132 Å². The topological polar surface area (TPSA) is 107 Å². The van der Waals surface area contributed by atoms with Gasteiger partial charge in [-0.05, 0) is 76.3 Å². The van der Waals surface area contributed by atoms with Crippen LogP contribution in [-0.4, -0.2) is 47.1 Å². The first-order chi connectivity index (χ1) is 25.5. The summed E-state index contributed by atoms with van der Waals surface area (Å²) in [5.41, 5.74) is 4.79. The molecule has 1 heterocycles. The second-order valence-corrected chi connectivity index (χ2v) is 16.6. The molecule has 0 saturated carbocycles. The zero-order chi connectivity index (χ0) is 37.1. The van der Waals surface area contributed by atoms with E-state index in [9.17, 15) is 24.0 Å². The number of ether oxygens (including phenoxy) is 2. The summed E-state index contributed by atoms with van der Waals surface area (Å²) in [5.74, 6) is -4.46. The normalized spacial score (nSPS) is 22.7. The van der Waals surface area contributed by atoms with E-state index in [1.54, 1.807) is 24.3 Å². The summed E-state index contributed by atoms with van der Waals surface area (Å²) in [5, 5.41) is 0. The van der Waals surface area contributed by atoms with Gasteiger partial charge in [0.25, 0.3) is 0 Å². The number of nitrogens with zero attached hydrogens (tertiary/aromatic N) is 1. The minimum Gasteiger partial charge on any atom is -0.456 e. The number of benzene rings is 5. The number of carbonyl (C=O) groups is 5. The number of ketones is 1. The van der Waals surface area contributed by atoms with E-state index < -0.39 is 62.7 Å². The summed E-state index contributed by atoms with van der Waals surface area (Å²) >= 11 is 11.3. The summed E-state index contributed by atoms with van der Waals surface area (Å²) < 4.78 is 9.80. The number of rotatable bonds is 9. The molecule has 3 atom stereocenters. The average molecular weight is 898 g/mol. The lowest BCUT2D eigenvalue weighted by Gasteiger charge is -2.55. The maximum Gasteiger partial charge on any atom is 0.343 e. The molecule has 3 unspecified atom stereocenters. The molecule has 264 valence electrons. The number of imide groups is 1. The zero-order valence-electron chi connectivity index (χ0n) is 27.7. The van der Waals surface area contributed by atoms with Gasteiger partial charge in [0.1, 0.15) is 11.8 Å². The molecule has 1 saturated heterocycles. The van der Waals surface area contributed by atoms with Crippen LogP contribution in [-0.2, 0) is 34.2 Å². The third kappa shape index (κ3) is 5.71. The maximum atomic E-state index is 14.8. The van der Waals surface area contributed by atoms with Crippen molar-refractivity contribution in [2.45, 2.75) is 21.1 Å². The van der Waals surface area contributed by atoms with Crippen LogP contribution in [0.4, 0.5) is 0 Å². The number of likely N-dealkylation sites (tertiary alicyclic amines) is 1. The van der Waals surface area contributed by atoms with Crippen LogP contribution in [0.2, 0.25) is 0 Å². The number of amides is 2. The highest BCUT2D eigenvalue weighted by atomic mass is 79.9. The van der Waals surface area contributed by atoms with E-state index in [-0.39, 0.29) is 17.7 Å². The molecule has 9 rings (SSSR count). The molecule has 4 aliphatic rings. The second-order valence-electron chi connectivity index (χ2n) is 13.2. The summed E-state index contributed by atoms with van der Waals surface area (Å²) in [4.78, 5) is 70.4. The van der Waals surface area contributed by atoms with Gasteiger partial charge >= 0.3 is 11.9 Å². The number of halogens is 3. The first kappa shape index (κ1) is 35.3. The van der Waals surface area contributed by atoms with Crippen LogP contribution in [0.1, 0.15) is 48.5 Å². The fourth-order valence-corrected chi connectivity index (χ4v) is 10.5. The number of alkyl halides is 2. The molecule has 8 nitrogen and oxygen atoms in total. The molecule has 0 aromatic heterocycles. The molecule has 11 heteroatoms. The summed E-state index contributed by atoms with van der Waals surface area (Å²) in [6.45, 7) is -0.632. The Morgan fingerprint density at radius 1 is 0.642 bits per heavy atom. The predicted octanol–water partition coefficient (Wildman–Crippen LogP) is 7.91. The van der Waals surface area contributed by atoms with Crippen molar-refractivity contribution < 1.29 is 33.4 Å². The highest BCUT2D eigenvalue weighted by Crippen LogP contribution is 2.70. The van der Waals surface area contributed by atoms with Gasteiger partial charge in [0.15, 0.2) is 12.4 Å². The highest BCUT2D eigenvalue weighted by molar-refractivity contribution is 9.10. The van der Waals surface area contributed by atoms with Gasteiger partial charge in [-0.15, -0.1) is 0 Å².